The zero-order valence-electron chi connectivity index (χ0n) is 16.4. The zero-order chi connectivity index (χ0) is 20.4. The molecule has 29 heavy (non-hydrogen) atoms. The molecule has 7 nitrogen and oxygen atoms in total. The molecule has 1 aromatic carbocycles. The number of aromatic nitrogens is 2. The third-order valence-electron chi connectivity index (χ3n) is 5.30. The van der Waals surface area contributed by atoms with Crippen molar-refractivity contribution >= 4 is 35.0 Å². The number of benzene rings is 1. The second-order valence-electron chi connectivity index (χ2n) is 7.36. The van der Waals surface area contributed by atoms with Gasteiger partial charge in [0.2, 0.25) is 0 Å². The van der Waals surface area contributed by atoms with Gasteiger partial charge in [0.05, 0.1) is 5.02 Å². The number of anilines is 3. The van der Waals surface area contributed by atoms with E-state index in [1.54, 1.807) is 4.90 Å². The molecule has 2 aliphatic heterocycles. The summed E-state index contributed by atoms with van der Waals surface area (Å²) in [7, 11) is 0. The van der Waals surface area contributed by atoms with E-state index in [0.717, 1.165) is 30.5 Å². The van der Waals surface area contributed by atoms with E-state index in [9.17, 15) is 9.18 Å². The second-order valence-corrected chi connectivity index (χ2v) is 7.77. The molecule has 2 aliphatic rings. The minimum absolute atomic E-state index is 0.0134. The van der Waals surface area contributed by atoms with Gasteiger partial charge in [0.1, 0.15) is 23.3 Å². The number of rotatable bonds is 3. The van der Waals surface area contributed by atoms with Gasteiger partial charge in [-0.3, -0.25) is 0 Å². The van der Waals surface area contributed by atoms with E-state index in [1.165, 1.54) is 31.0 Å². The number of carbonyl (C=O) groups is 1. The number of halogens is 2. The summed E-state index contributed by atoms with van der Waals surface area (Å²) >= 11 is 5.78. The first-order valence-electron chi connectivity index (χ1n) is 9.86. The lowest BCUT2D eigenvalue weighted by Crippen LogP contribution is -2.50. The number of carbonyl (C=O) groups excluding carboxylic acids is 1. The molecule has 2 fully saturated rings. The third kappa shape index (κ3) is 4.53. The van der Waals surface area contributed by atoms with E-state index in [1.807, 2.05) is 6.92 Å². The van der Waals surface area contributed by atoms with Gasteiger partial charge in [-0.25, -0.2) is 19.2 Å². The molecule has 3 heterocycles. The highest BCUT2D eigenvalue weighted by Crippen LogP contribution is 2.24. The van der Waals surface area contributed by atoms with E-state index in [2.05, 4.69) is 31.2 Å². The number of amides is 2. The molecule has 0 spiro atoms. The van der Waals surface area contributed by atoms with Crippen molar-refractivity contribution in [2.45, 2.75) is 19.8 Å². The summed E-state index contributed by atoms with van der Waals surface area (Å²) < 4.78 is 13.3. The van der Waals surface area contributed by atoms with E-state index >= 15 is 0 Å². The molecule has 0 bridgehead atoms. The van der Waals surface area contributed by atoms with Crippen LogP contribution in [0.2, 0.25) is 5.02 Å². The molecule has 0 radical (unpaired) electrons. The van der Waals surface area contributed by atoms with Crippen LogP contribution in [0.4, 0.5) is 26.5 Å². The minimum Gasteiger partial charge on any atom is -0.356 e. The van der Waals surface area contributed by atoms with Crippen molar-refractivity contribution < 1.29 is 9.18 Å². The maximum atomic E-state index is 13.3. The molecule has 0 unspecified atom stereocenters. The highest BCUT2D eigenvalue weighted by molar-refractivity contribution is 6.31. The van der Waals surface area contributed by atoms with Crippen LogP contribution < -0.4 is 15.1 Å². The number of nitrogens with zero attached hydrogens (tertiary/aromatic N) is 5. The maximum absolute atomic E-state index is 13.3. The summed E-state index contributed by atoms with van der Waals surface area (Å²) in [5, 5.41) is 2.76. The summed E-state index contributed by atoms with van der Waals surface area (Å²) in [5.41, 5.74) is 0.477. The van der Waals surface area contributed by atoms with Crippen molar-refractivity contribution in [2.24, 2.45) is 0 Å². The molecule has 2 amide bonds. The first kappa shape index (κ1) is 19.7. The Balaban J connectivity index is 1.37. The molecule has 1 N–H and O–H groups in total. The lowest BCUT2D eigenvalue weighted by Gasteiger charge is -2.35. The fourth-order valence-electron chi connectivity index (χ4n) is 3.72. The number of nitrogens with one attached hydrogen (secondary N) is 1. The Morgan fingerprint density at radius 1 is 1.00 bits per heavy atom. The van der Waals surface area contributed by atoms with Crippen LogP contribution in [0.25, 0.3) is 0 Å². The maximum Gasteiger partial charge on any atom is 0.321 e. The molecule has 2 saturated heterocycles. The lowest BCUT2D eigenvalue weighted by atomic mass is 10.3. The molecule has 1 aromatic heterocycles. The van der Waals surface area contributed by atoms with Crippen LogP contribution in [0.1, 0.15) is 18.7 Å². The molecule has 154 valence electrons. The first-order chi connectivity index (χ1) is 14.0. The predicted octanol–water partition coefficient (Wildman–Crippen LogP) is 3.53. The molecule has 9 heteroatoms. The van der Waals surface area contributed by atoms with Crippen LogP contribution in [0, 0.1) is 12.7 Å². The molecular formula is C20H24ClFN6O. The number of hydrogen-bond acceptors (Lipinski definition) is 5. The molecular weight excluding hydrogens is 395 g/mol. The van der Waals surface area contributed by atoms with Gasteiger partial charge in [0, 0.05) is 51.0 Å². The van der Waals surface area contributed by atoms with Gasteiger partial charge < -0.3 is 20.0 Å². The Labute approximate surface area is 174 Å². The van der Waals surface area contributed by atoms with Gasteiger partial charge in [-0.15, -0.1) is 0 Å². The quantitative estimate of drug-likeness (QED) is 0.826. The summed E-state index contributed by atoms with van der Waals surface area (Å²) in [6.45, 7) is 6.52. The van der Waals surface area contributed by atoms with E-state index in [0.29, 0.717) is 31.9 Å². The summed E-state index contributed by atoms with van der Waals surface area (Å²) in [5.74, 6) is 2.15. The number of hydrogen-bond donors (Lipinski definition) is 1. The first-order valence-corrected chi connectivity index (χ1v) is 10.2. The summed E-state index contributed by atoms with van der Waals surface area (Å²) in [6, 6.07) is 5.98. The fraction of sp³-hybridized carbons (Fsp3) is 0.450. The van der Waals surface area contributed by atoms with Crippen molar-refractivity contribution in [1.29, 1.82) is 0 Å². The van der Waals surface area contributed by atoms with Gasteiger partial charge in [-0.1, -0.05) is 11.6 Å². The summed E-state index contributed by atoms with van der Waals surface area (Å²) in [6.07, 6.45) is 2.40. The van der Waals surface area contributed by atoms with Crippen LogP contribution in [0.5, 0.6) is 0 Å². The monoisotopic (exact) mass is 418 g/mol. The van der Waals surface area contributed by atoms with Crippen molar-refractivity contribution in [2.75, 3.05) is 54.4 Å². The Morgan fingerprint density at radius 3 is 2.24 bits per heavy atom. The molecule has 0 aliphatic carbocycles. The molecule has 0 saturated carbocycles. The van der Waals surface area contributed by atoms with Gasteiger partial charge in [-0.05, 0) is 38.0 Å². The molecule has 0 atom stereocenters. The SMILES string of the molecule is Cc1nc(N2CCCC2)cc(N2CCN(C(=O)Nc3ccc(F)c(Cl)c3)CC2)n1. The van der Waals surface area contributed by atoms with Crippen molar-refractivity contribution in [3.05, 3.63) is 40.9 Å². The Hall–Kier alpha value is -2.61. The molecule has 2 aromatic rings. The molecule has 4 rings (SSSR count). The smallest absolute Gasteiger partial charge is 0.321 e. The fourth-order valence-corrected chi connectivity index (χ4v) is 3.90. The zero-order valence-corrected chi connectivity index (χ0v) is 17.1. The highest BCUT2D eigenvalue weighted by Gasteiger charge is 2.24. The van der Waals surface area contributed by atoms with Gasteiger partial charge >= 0.3 is 6.03 Å². The number of aryl methyl sites for hydroxylation is 1. The van der Waals surface area contributed by atoms with E-state index < -0.39 is 5.82 Å². The largest absolute Gasteiger partial charge is 0.356 e. The van der Waals surface area contributed by atoms with Crippen molar-refractivity contribution in [3.8, 4) is 0 Å². The van der Waals surface area contributed by atoms with Crippen LogP contribution >= 0.6 is 11.6 Å². The number of piperazine rings is 1. The summed E-state index contributed by atoms with van der Waals surface area (Å²) in [4.78, 5) is 27.9. The topological polar surface area (TPSA) is 64.6 Å². The van der Waals surface area contributed by atoms with E-state index in [4.69, 9.17) is 11.6 Å². The average Bonchev–Trinajstić information content (AvgIpc) is 3.25. The van der Waals surface area contributed by atoms with Gasteiger partial charge in [-0.2, -0.15) is 0 Å². The number of urea groups is 1. The highest BCUT2D eigenvalue weighted by atomic mass is 35.5. The van der Waals surface area contributed by atoms with Gasteiger partial charge in [0.25, 0.3) is 0 Å². The second kappa shape index (κ2) is 8.41. The van der Waals surface area contributed by atoms with Crippen LogP contribution in [-0.2, 0) is 0 Å². The average molecular weight is 419 g/mol. The Morgan fingerprint density at radius 2 is 1.62 bits per heavy atom. The third-order valence-corrected chi connectivity index (χ3v) is 5.59. The van der Waals surface area contributed by atoms with E-state index in [-0.39, 0.29) is 11.1 Å². The predicted molar refractivity (Wildman–Crippen MR) is 112 cm³/mol. The lowest BCUT2D eigenvalue weighted by molar-refractivity contribution is 0.208. The Kier molecular flexibility index (Phi) is 5.71. The Bertz CT molecular complexity index is 897. The van der Waals surface area contributed by atoms with Gasteiger partial charge in [0.15, 0.2) is 0 Å². The van der Waals surface area contributed by atoms with Crippen LogP contribution in [-0.4, -0.2) is 60.2 Å². The standard InChI is InChI=1S/C20H24ClFN6O/c1-14-23-18(26-6-2-3-7-26)13-19(24-14)27-8-10-28(11-9-27)20(29)25-15-4-5-17(22)16(21)12-15/h4-5,12-13H,2-3,6-11H2,1H3,(H,25,29). The van der Waals surface area contributed by atoms with Crippen molar-refractivity contribution in [1.82, 2.24) is 14.9 Å². The minimum atomic E-state index is -0.508. The normalized spacial score (nSPS) is 17.0. The van der Waals surface area contributed by atoms with Crippen LogP contribution in [0.3, 0.4) is 0 Å². The van der Waals surface area contributed by atoms with Crippen LogP contribution in [0.15, 0.2) is 24.3 Å². The van der Waals surface area contributed by atoms with Crippen molar-refractivity contribution in [3.63, 3.8) is 0 Å².